The van der Waals surface area contributed by atoms with E-state index in [4.69, 9.17) is 9.47 Å². The molecule has 0 saturated carbocycles. The van der Waals surface area contributed by atoms with E-state index in [0.29, 0.717) is 18.0 Å². The summed E-state index contributed by atoms with van der Waals surface area (Å²) in [5, 5.41) is 3.00. The lowest BCUT2D eigenvalue weighted by Gasteiger charge is -2.32. The summed E-state index contributed by atoms with van der Waals surface area (Å²) in [6, 6.07) is 14.9. The van der Waals surface area contributed by atoms with Gasteiger partial charge in [0.05, 0.1) is 17.8 Å². The van der Waals surface area contributed by atoms with Gasteiger partial charge in [0.1, 0.15) is 11.5 Å². The number of anilines is 1. The average Bonchev–Trinajstić information content (AvgIpc) is 2.68. The minimum absolute atomic E-state index is 0.0893. The van der Waals surface area contributed by atoms with Crippen molar-refractivity contribution in [1.29, 1.82) is 0 Å². The summed E-state index contributed by atoms with van der Waals surface area (Å²) in [6.07, 6.45) is -0.263. The third-order valence-corrected chi connectivity index (χ3v) is 4.74. The number of hydrogen-bond donors (Lipinski definition) is 1. The fourth-order valence-corrected chi connectivity index (χ4v) is 3.33. The van der Waals surface area contributed by atoms with Gasteiger partial charge in [-0.05, 0) is 57.5 Å². The first kappa shape index (κ1) is 20.7. The van der Waals surface area contributed by atoms with Gasteiger partial charge in [0.2, 0.25) is 5.91 Å². The Morgan fingerprint density at radius 2 is 1.93 bits per heavy atom. The van der Waals surface area contributed by atoms with Crippen LogP contribution in [0.1, 0.15) is 45.7 Å². The first-order chi connectivity index (χ1) is 13.8. The third-order valence-electron chi connectivity index (χ3n) is 4.74. The zero-order chi connectivity index (χ0) is 21.0. The molecule has 2 atom stereocenters. The fraction of sp³-hybridized carbons (Fsp3) is 0.391. The highest BCUT2D eigenvalue weighted by atomic mass is 16.5. The molecular formula is C23H28N2O4. The van der Waals surface area contributed by atoms with Crippen LogP contribution in [0.2, 0.25) is 0 Å². The molecule has 0 radical (unpaired) electrons. The molecule has 2 aromatic carbocycles. The number of carbonyl (C=O) groups is 2. The molecule has 1 aliphatic rings. The number of carbonyl (C=O) groups excluding carboxylic acids is 2. The Labute approximate surface area is 171 Å². The van der Waals surface area contributed by atoms with Gasteiger partial charge in [-0.1, -0.05) is 24.3 Å². The van der Waals surface area contributed by atoms with Crippen molar-refractivity contribution in [2.75, 3.05) is 11.4 Å². The summed E-state index contributed by atoms with van der Waals surface area (Å²) in [7, 11) is 0. The van der Waals surface area contributed by atoms with E-state index in [1.165, 1.54) is 0 Å². The molecule has 3 rings (SSSR count). The van der Waals surface area contributed by atoms with Gasteiger partial charge in [0.25, 0.3) is 5.91 Å². The Morgan fingerprint density at radius 3 is 2.69 bits per heavy atom. The Kier molecular flexibility index (Phi) is 6.42. The summed E-state index contributed by atoms with van der Waals surface area (Å²) < 4.78 is 11.4. The molecule has 154 valence electrons. The van der Waals surface area contributed by atoms with E-state index < -0.39 is 6.10 Å². The van der Waals surface area contributed by atoms with Gasteiger partial charge in [0, 0.05) is 13.0 Å². The van der Waals surface area contributed by atoms with Crippen molar-refractivity contribution in [2.24, 2.45) is 0 Å². The molecule has 1 N–H and O–H groups in total. The van der Waals surface area contributed by atoms with Crippen LogP contribution < -0.4 is 19.7 Å². The second kappa shape index (κ2) is 8.99. The quantitative estimate of drug-likeness (QED) is 0.772. The zero-order valence-electron chi connectivity index (χ0n) is 17.3. The van der Waals surface area contributed by atoms with Crippen LogP contribution in [0.25, 0.3) is 0 Å². The highest BCUT2D eigenvalue weighted by molar-refractivity contribution is 6.00. The largest absolute Gasteiger partial charge is 0.491 e. The van der Waals surface area contributed by atoms with Gasteiger partial charge in [-0.15, -0.1) is 0 Å². The van der Waals surface area contributed by atoms with Crippen molar-refractivity contribution in [3.8, 4) is 11.5 Å². The molecule has 6 nitrogen and oxygen atoms in total. The number of para-hydroxylation sites is 2. The van der Waals surface area contributed by atoms with Crippen LogP contribution in [-0.4, -0.2) is 30.6 Å². The van der Waals surface area contributed by atoms with Crippen LogP contribution >= 0.6 is 0 Å². The van der Waals surface area contributed by atoms with Gasteiger partial charge < -0.3 is 19.7 Å². The molecule has 0 aliphatic carbocycles. The molecule has 0 bridgehead atoms. The van der Waals surface area contributed by atoms with Crippen LogP contribution in [0.4, 0.5) is 5.69 Å². The topological polar surface area (TPSA) is 67.9 Å². The molecule has 0 saturated heterocycles. The van der Waals surface area contributed by atoms with E-state index in [9.17, 15) is 9.59 Å². The molecule has 0 fully saturated rings. The maximum absolute atomic E-state index is 12.5. The van der Waals surface area contributed by atoms with Gasteiger partial charge in [-0.2, -0.15) is 0 Å². The first-order valence-corrected chi connectivity index (χ1v) is 9.98. The van der Waals surface area contributed by atoms with E-state index in [1.54, 1.807) is 11.8 Å². The van der Waals surface area contributed by atoms with Gasteiger partial charge >= 0.3 is 0 Å². The van der Waals surface area contributed by atoms with Crippen LogP contribution in [-0.2, 0) is 9.59 Å². The zero-order valence-corrected chi connectivity index (χ0v) is 17.3. The van der Waals surface area contributed by atoms with Gasteiger partial charge in [0.15, 0.2) is 6.10 Å². The van der Waals surface area contributed by atoms with Crippen molar-refractivity contribution in [2.45, 2.75) is 52.4 Å². The first-order valence-electron chi connectivity index (χ1n) is 9.98. The molecule has 0 spiro atoms. The Hall–Kier alpha value is -3.02. The molecule has 0 aromatic heterocycles. The molecule has 2 unspecified atom stereocenters. The van der Waals surface area contributed by atoms with E-state index in [0.717, 1.165) is 11.3 Å². The monoisotopic (exact) mass is 396 g/mol. The number of amides is 2. The van der Waals surface area contributed by atoms with E-state index in [-0.39, 0.29) is 30.4 Å². The number of hydrogen-bond acceptors (Lipinski definition) is 4. The second-order valence-corrected chi connectivity index (χ2v) is 7.50. The second-order valence-electron chi connectivity index (χ2n) is 7.50. The lowest BCUT2D eigenvalue weighted by molar-refractivity contribution is -0.125. The Balaban J connectivity index is 1.61. The molecule has 1 heterocycles. The maximum Gasteiger partial charge on any atom is 0.267 e. The molecule has 2 amide bonds. The fourth-order valence-electron chi connectivity index (χ4n) is 3.33. The van der Waals surface area contributed by atoms with Crippen molar-refractivity contribution < 1.29 is 19.1 Å². The summed E-state index contributed by atoms with van der Waals surface area (Å²) in [4.78, 5) is 26.7. The third kappa shape index (κ3) is 5.08. The van der Waals surface area contributed by atoms with Crippen LogP contribution in [0.5, 0.6) is 11.5 Å². The van der Waals surface area contributed by atoms with Crippen molar-refractivity contribution in [1.82, 2.24) is 5.32 Å². The standard InChI is InChI=1S/C23H28N2O4/c1-15(2)28-19-9-7-8-18(14-19)16(3)24-22(26)12-13-25-20-10-5-6-11-21(20)29-17(4)23(25)27/h5-11,14-17H,12-13H2,1-4H3,(H,24,26). The molecule has 2 aromatic rings. The van der Waals surface area contributed by atoms with E-state index >= 15 is 0 Å². The van der Waals surface area contributed by atoms with Crippen molar-refractivity contribution in [3.05, 3.63) is 54.1 Å². The predicted octanol–water partition coefficient (Wildman–Crippen LogP) is 3.86. The average molecular weight is 396 g/mol. The smallest absolute Gasteiger partial charge is 0.267 e. The van der Waals surface area contributed by atoms with Gasteiger partial charge in [-0.25, -0.2) is 0 Å². The highest BCUT2D eigenvalue weighted by Crippen LogP contribution is 2.33. The normalized spacial score (nSPS) is 16.8. The lowest BCUT2D eigenvalue weighted by Crippen LogP contribution is -2.45. The number of fused-ring (bicyclic) bond motifs is 1. The minimum Gasteiger partial charge on any atom is -0.491 e. The van der Waals surface area contributed by atoms with Crippen LogP contribution in [0.3, 0.4) is 0 Å². The number of rotatable bonds is 7. The number of nitrogens with zero attached hydrogens (tertiary/aromatic N) is 1. The highest BCUT2D eigenvalue weighted by Gasteiger charge is 2.31. The summed E-state index contributed by atoms with van der Waals surface area (Å²) >= 11 is 0. The van der Waals surface area contributed by atoms with Crippen LogP contribution in [0.15, 0.2) is 48.5 Å². The molecule has 29 heavy (non-hydrogen) atoms. The van der Waals surface area contributed by atoms with Crippen LogP contribution in [0, 0.1) is 0 Å². The SMILES string of the molecule is CC(C)Oc1cccc(C(C)NC(=O)CCN2C(=O)C(C)Oc3ccccc32)c1. The Bertz CT molecular complexity index is 881. The summed E-state index contributed by atoms with van der Waals surface area (Å²) in [6.45, 7) is 7.91. The Morgan fingerprint density at radius 1 is 1.17 bits per heavy atom. The number of ether oxygens (including phenoxy) is 2. The predicted molar refractivity (Wildman–Crippen MR) is 112 cm³/mol. The minimum atomic E-state index is -0.560. The van der Waals surface area contributed by atoms with Gasteiger partial charge in [-0.3, -0.25) is 9.59 Å². The number of nitrogens with one attached hydrogen (secondary N) is 1. The van der Waals surface area contributed by atoms with Crippen molar-refractivity contribution in [3.63, 3.8) is 0 Å². The molecule has 6 heteroatoms. The summed E-state index contributed by atoms with van der Waals surface area (Å²) in [5.41, 5.74) is 1.67. The molecule has 1 aliphatic heterocycles. The number of benzene rings is 2. The van der Waals surface area contributed by atoms with Crippen molar-refractivity contribution >= 4 is 17.5 Å². The van der Waals surface area contributed by atoms with E-state index in [2.05, 4.69) is 5.32 Å². The molecular weight excluding hydrogens is 368 g/mol. The van der Waals surface area contributed by atoms with E-state index in [1.807, 2.05) is 69.3 Å². The maximum atomic E-state index is 12.5. The lowest BCUT2D eigenvalue weighted by atomic mass is 10.1. The summed E-state index contributed by atoms with van der Waals surface area (Å²) in [5.74, 6) is 1.19.